The molecule has 0 saturated carbocycles. The molecule has 0 N–H and O–H groups in total. The van der Waals surface area contributed by atoms with Crippen molar-refractivity contribution < 1.29 is 27.4 Å². The third-order valence-electron chi connectivity index (χ3n) is 5.78. The number of benzene rings is 3. The molecule has 5 nitrogen and oxygen atoms in total. The van der Waals surface area contributed by atoms with Gasteiger partial charge in [-0.3, -0.25) is 4.79 Å². The van der Waals surface area contributed by atoms with Gasteiger partial charge in [0.05, 0.1) is 42.9 Å². The second kappa shape index (κ2) is 9.71. The standard InChI is InChI=1S/C27H23F3N2O3/c1-3-34-23-13-19-14-25(33)32(21-7-5-6-17(12-21)16-31)26(22(19)15-24(23)35-4-2)18-8-10-20(11-9-18)27(28,29)30/h5-13,15,26H,3-4,14H2,1-2H3/t26-/m1/s1. The van der Waals surface area contributed by atoms with Crippen LogP contribution in [0.25, 0.3) is 0 Å². The number of halogens is 3. The van der Waals surface area contributed by atoms with E-state index >= 15 is 0 Å². The monoisotopic (exact) mass is 480 g/mol. The summed E-state index contributed by atoms with van der Waals surface area (Å²) in [6, 6.07) is 16.3. The Labute approximate surface area is 201 Å². The van der Waals surface area contributed by atoms with Gasteiger partial charge in [-0.2, -0.15) is 18.4 Å². The molecule has 1 atom stereocenters. The average molecular weight is 480 g/mol. The van der Waals surface area contributed by atoms with Gasteiger partial charge >= 0.3 is 6.18 Å². The number of hydrogen-bond acceptors (Lipinski definition) is 4. The topological polar surface area (TPSA) is 62.6 Å². The van der Waals surface area contributed by atoms with Crippen molar-refractivity contribution >= 4 is 11.6 Å². The summed E-state index contributed by atoms with van der Waals surface area (Å²) >= 11 is 0. The Morgan fingerprint density at radius 3 is 2.26 bits per heavy atom. The zero-order chi connectivity index (χ0) is 25.2. The lowest BCUT2D eigenvalue weighted by Gasteiger charge is -2.38. The molecule has 0 aliphatic carbocycles. The number of carbonyl (C=O) groups is 1. The van der Waals surface area contributed by atoms with Crippen LogP contribution in [0.1, 0.15) is 47.7 Å². The van der Waals surface area contributed by atoms with Crippen molar-refractivity contribution in [2.24, 2.45) is 0 Å². The molecule has 1 amide bonds. The highest BCUT2D eigenvalue weighted by Gasteiger charge is 2.37. The molecule has 0 radical (unpaired) electrons. The number of hydrogen-bond donors (Lipinski definition) is 0. The first-order valence-electron chi connectivity index (χ1n) is 11.2. The van der Waals surface area contributed by atoms with Crippen LogP contribution in [-0.4, -0.2) is 19.1 Å². The Morgan fingerprint density at radius 2 is 1.66 bits per heavy atom. The Hall–Kier alpha value is -3.99. The number of fused-ring (bicyclic) bond motifs is 1. The fourth-order valence-corrected chi connectivity index (χ4v) is 4.29. The summed E-state index contributed by atoms with van der Waals surface area (Å²) < 4.78 is 51.2. The normalized spacial score (nSPS) is 15.4. The lowest BCUT2D eigenvalue weighted by atomic mass is 9.86. The number of amides is 1. The molecular weight excluding hydrogens is 457 g/mol. The predicted molar refractivity (Wildman–Crippen MR) is 124 cm³/mol. The van der Waals surface area contributed by atoms with Crippen LogP contribution < -0.4 is 14.4 Å². The molecule has 0 bridgehead atoms. The third-order valence-corrected chi connectivity index (χ3v) is 5.78. The highest BCUT2D eigenvalue weighted by Crippen LogP contribution is 2.44. The van der Waals surface area contributed by atoms with Gasteiger partial charge < -0.3 is 14.4 Å². The zero-order valence-corrected chi connectivity index (χ0v) is 19.2. The molecular formula is C27H23F3N2O3. The van der Waals surface area contributed by atoms with Gasteiger partial charge in [0.1, 0.15) is 0 Å². The van der Waals surface area contributed by atoms with Gasteiger partial charge in [0.25, 0.3) is 0 Å². The summed E-state index contributed by atoms with van der Waals surface area (Å²) in [5.74, 6) is 0.751. The Balaban J connectivity index is 1.93. The van der Waals surface area contributed by atoms with Crippen LogP contribution in [0.3, 0.4) is 0 Å². The summed E-state index contributed by atoms with van der Waals surface area (Å²) in [6.07, 6.45) is -4.41. The summed E-state index contributed by atoms with van der Waals surface area (Å²) in [5.41, 5.74) is 2.01. The van der Waals surface area contributed by atoms with Crippen molar-refractivity contribution in [2.75, 3.05) is 18.1 Å². The predicted octanol–water partition coefficient (Wildman–Crippen LogP) is 6.05. The summed E-state index contributed by atoms with van der Waals surface area (Å²) in [7, 11) is 0. The van der Waals surface area contributed by atoms with E-state index in [1.165, 1.54) is 17.0 Å². The fraction of sp³-hybridized carbons (Fsp3) is 0.259. The molecule has 4 rings (SSSR count). The Morgan fingerprint density at radius 1 is 1.00 bits per heavy atom. The molecule has 0 unspecified atom stereocenters. The first kappa shape index (κ1) is 24.1. The maximum absolute atomic E-state index is 13.4. The smallest absolute Gasteiger partial charge is 0.416 e. The van der Waals surface area contributed by atoms with Gasteiger partial charge in [0, 0.05) is 5.69 Å². The Bertz CT molecular complexity index is 1280. The number of alkyl halides is 3. The second-order valence-electron chi connectivity index (χ2n) is 7.99. The van der Waals surface area contributed by atoms with Crippen molar-refractivity contribution in [3.63, 3.8) is 0 Å². The molecule has 1 aliphatic rings. The van der Waals surface area contributed by atoms with E-state index in [4.69, 9.17) is 9.47 Å². The zero-order valence-electron chi connectivity index (χ0n) is 19.2. The molecule has 3 aromatic carbocycles. The van der Waals surface area contributed by atoms with E-state index < -0.39 is 17.8 Å². The maximum atomic E-state index is 13.4. The molecule has 35 heavy (non-hydrogen) atoms. The first-order chi connectivity index (χ1) is 16.8. The van der Waals surface area contributed by atoms with Crippen LogP contribution >= 0.6 is 0 Å². The van der Waals surface area contributed by atoms with E-state index in [1.807, 2.05) is 13.8 Å². The fourth-order valence-electron chi connectivity index (χ4n) is 4.29. The minimum atomic E-state index is -4.48. The van der Waals surface area contributed by atoms with E-state index in [1.54, 1.807) is 36.4 Å². The number of nitriles is 1. The first-order valence-corrected chi connectivity index (χ1v) is 11.2. The van der Waals surface area contributed by atoms with E-state index in [0.717, 1.165) is 17.7 Å². The van der Waals surface area contributed by atoms with E-state index in [0.29, 0.717) is 47.1 Å². The number of nitrogens with zero attached hydrogens (tertiary/aromatic N) is 2. The Kier molecular flexibility index (Phi) is 6.70. The van der Waals surface area contributed by atoms with Crippen LogP contribution in [0.15, 0.2) is 60.7 Å². The minimum Gasteiger partial charge on any atom is -0.490 e. The highest BCUT2D eigenvalue weighted by molar-refractivity contribution is 5.98. The molecule has 1 heterocycles. The summed E-state index contributed by atoms with van der Waals surface area (Å²) in [6.45, 7) is 4.47. The lowest BCUT2D eigenvalue weighted by Crippen LogP contribution is -2.41. The van der Waals surface area contributed by atoms with Gasteiger partial charge in [-0.05, 0) is 73.0 Å². The molecule has 0 fully saturated rings. The molecule has 0 saturated heterocycles. The molecule has 3 aromatic rings. The van der Waals surface area contributed by atoms with Gasteiger partial charge in [-0.1, -0.05) is 18.2 Å². The summed E-state index contributed by atoms with van der Waals surface area (Å²) in [4.78, 5) is 15.0. The third kappa shape index (κ3) is 4.80. The minimum absolute atomic E-state index is 0.0652. The van der Waals surface area contributed by atoms with E-state index in [2.05, 4.69) is 6.07 Å². The molecule has 0 aromatic heterocycles. The van der Waals surface area contributed by atoms with Crippen molar-refractivity contribution in [3.05, 3.63) is 88.5 Å². The van der Waals surface area contributed by atoms with Crippen LogP contribution in [0.4, 0.5) is 18.9 Å². The highest BCUT2D eigenvalue weighted by atomic mass is 19.4. The van der Waals surface area contributed by atoms with Gasteiger partial charge in [0.2, 0.25) is 5.91 Å². The molecule has 0 spiro atoms. The second-order valence-corrected chi connectivity index (χ2v) is 7.99. The van der Waals surface area contributed by atoms with Crippen LogP contribution in [0.5, 0.6) is 11.5 Å². The SMILES string of the molecule is CCOc1cc2c(cc1OCC)[C@@H](c1ccc(C(F)(F)F)cc1)N(c1cccc(C#N)c1)C(=O)C2. The van der Waals surface area contributed by atoms with Crippen molar-refractivity contribution in [1.82, 2.24) is 0 Å². The molecule has 8 heteroatoms. The van der Waals surface area contributed by atoms with Gasteiger partial charge in [0.15, 0.2) is 11.5 Å². The average Bonchev–Trinajstić information content (AvgIpc) is 2.84. The molecule has 180 valence electrons. The van der Waals surface area contributed by atoms with Crippen molar-refractivity contribution in [1.29, 1.82) is 5.26 Å². The molecule has 1 aliphatic heterocycles. The summed E-state index contributed by atoms with van der Waals surface area (Å²) in [5, 5.41) is 9.36. The largest absolute Gasteiger partial charge is 0.490 e. The van der Waals surface area contributed by atoms with Crippen molar-refractivity contribution in [3.8, 4) is 17.6 Å². The lowest BCUT2D eigenvalue weighted by molar-refractivity contribution is -0.137. The van der Waals surface area contributed by atoms with Crippen LogP contribution in [0, 0.1) is 11.3 Å². The number of rotatable bonds is 6. The van der Waals surface area contributed by atoms with Gasteiger partial charge in [-0.25, -0.2) is 0 Å². The van der Waals surface area contributed by atoms with Crippen LogP contribution in [0.2, 0.25) is 0 Å². The number of carbonyl (C=O) groups excluding carboxylic acids is 1. The number of ether oxygens (including phenoxy) is 2. The van der Waals surface area contributed by atoms with Gasteiger partial charge in [-0.15, -0.1) is 0 Å². The van der Waals surface area contributed by atoms with E-state index in [9.17, 15) is 23.2 Å². The van der Waals surface area contributed by atoms with Crippen molar-refractivity contribution in [2.45, 2.75) is 32.5 Å². The quantitative estimate of drug-likeness (QED) is 0.431. The van der Waals surface area contributed by atoms with Crippen LogP contribution in [-0.2, 0) is 17.4 Å². The number of anilines is 1. The van der Waals surface area contributed by atoms with E-state index in [-0.39, 0.29) is 12.3 Å². The maximum Gasteiger partial charge on any atom is 0.416 e.